The van der Waals surface area contributed by atoms with Crippen molar-refractivity contribution in [2.45, 2.75) is 41.9 Å². The van der Waals surface area contributed by atoms with Crippen LogP contribution in [0.3, 0.4) is 0 Å². The minimum atomic E-state index is -0.415. The van der Waals surface area contributed by atoms with Crippen LogP contribution in [0.5, 0.6) is 5.75 Å². The van der Waals surface area contributed by atoms with Crippen LogP contribution >= 0.6 is 50.6 Å². The smallest absolute Gasteiger partial charge is 0.305 e. The van der Waals surface area contributed by atoms with Gasteiger partial charge in [-0.3, -0.25) is 24.1 Å². The third-order valence-electron chi connectivity index (χ3n) is 10.2. The van der Waals surface area contributed by atoms with Crippen molar-refractivity contribution in [3.8, 4) is 5.75 Å². The van der Waals surface area contributed by atoms with E-state index in [9.17, 15) is 19.2 Å². The van der Waals surface area contributed by atoms with E-state index in [1.807, 2.05) is 23.1 Å². The molecule has 3 amide bonds. The predicted molar refractivity (Wildman–Crippen MR) is 173 cm³/mol. The predicted octanol–water partition coefficient (Wildman–Crippen LogP) is 5.92. The summed E-state index contributed by atoms with van der Waals surface area (Å²) in [4.78, 5) is 60.8. The number of H-pyrrole nitrogens is 1. The molecule has 8 nitrogen and oxygen atoms in total. The number of anilines is 1. The van der Waals surface area contributed by atoms with E-state index in [1.54, 1.807) is 36.0 Å². The Morgan fingerprint density at radius 2 is 1.73 bits per heavy atom. The van der Waals surface area contributed by atoms with Gasteiger partial charge < -0.3 is 14.6 Å². The fraction of sp³-hybridized carbons (Fsp3) is 0.438. The summed E-state index contributed by atoms with van der Waals surface area (Å²) in [7, 11) is 0. The first-order valence-corrected chi connectivity index (χ1v) is 17.9. The number of nitrogens with one attached hydrogen (secondary N) is 1. The molecule has 0 spiro atoms. The topological polar surface area (TPSA) is 99.8 Å². The lowest BCUT2D eigenvalue weighted by atomic mass is 9.68. The lowest BCUT2D eigenvalue weighted by molar-refractivity contribution is -0.134. The molecule has 1 aromatic heterocycles. The van der Waals surface area contributed by atoms with Gasteiger partial charge >= 0.3 is 4.87 Å². The highest BCUT2D eigenvalue weighted by Crippen LogP contribution is 2.69. The Balaban J connectivity index is 1.16. The molecule has 2 saturated heterocycles. The van der Waals surface area contributed by atoms with Gasteiger partial charge in [0, 0.05) is 44.2 Å². The van der Waals surface area contributed by atoms with Crippen molar-refractivity contribution in [2.75, 3.05) is 24.6 Å². The molecule has 8 rings (SSSR count). The van der Waals surface area contributed by atoms with Crippen LogP contribution in [0, 0.1) is 29.6 Å². The van der Waals surface area contributed by atoms with Gasteiger partial charge in [0.2, 0.25) is 11.8 Å². The number of carbonyl (C=O) groups excluding carboxylic acids is 3. The summed E-state index contributed by atoms with van der Waals surface area (Å²) < 4.78 is 7.14. The number of aromatic amines is 1. The second-order valence-electron chi connectivity index (χ2n) is 12.4. The molecule has 7 atom stereocenters. The molecule has 2 aromatic carbocycles. The molecule has 2 aliphatic carbocycles. The monoisotopic (exact) mass is 713 g/mol. The number of halogens is 2. The summed E-state index contributed by atoms with van der Waals surface area (Å²) >= 11 is 12.6. The van der Waals surface area contributed by atoms with Crippen molar-refractivity contribution < 1.29 is 19.1 Å². The van der Waals surface area contributed by atoms with Gasteiger partial charge in [-0.25, -0.2) is 0 Å². The van der Waals surface area contributed by atoms with E-state index in [-0.39, 0.29) is 64.0 Å². The van der Waals surface area contributed by atoms with Crippen molar-refractivity contribution in [2.24, 2.45) is 29.6 Å². The Kier molecular flexibility index (Phi) is 7.23. The van der Waals surface area contributed by atoms with Gasteiger partial charge in [-0.05, 0) is 85.9 Å². The highest BCUT2D eigenvalue weighted by molar-refractivity contribution is 9.10. The maximum Gasteiger partial charge on any atom is 0.305 e. The van der Waals surface area contributed by atoms with E-state index in [1.165, 1.54) is 16.2 Å². The number of nitrogens with zero attached hydrogens (tertiary/aromatic N) is 2. The Morgan fingerprint density at radius 1 is 1.00 bits per heavy atom. The van der Waals surface area contributed by atoms with Crippen molar-refractivity contribution >= 4 is 74.0 Å². The van der Waals surface area contributed by atoms with E-state index in [2.05, 4.69) is 20.9 Å². The van der Waals surface area contributed by atoms with Gasteiger partial charge in [-0.2, -0.15) is 0 Å². The molecule has 4 heterocycles. The fourth-order valence-electron chi connectivity index (χ4n) is 8.48. The average molecular weight is 715 g/mol. The number of amides is 3. The van der Waals surface area contributed by atoms with Crippen LogP contribution in [0.1, 0.15) is 42.0 Å². The zero-order valence-electron chi connectivity index (χ0n) is 23.5. The molecule has 3 aromatic rings. The van der Waals surface area contributed by atoms with Gasteiger partial charge in [0.15, 0.2) is 6.61 Å². The summed E-state index contributed by atoms with van der Waals surface area (Å²) in [5.41, 5.74) is 1.45. The van der Waals surface area contributed by atoms with Gasteiger partial charge in [-0.15, -0.1) is 11.8 Å². The van der Waals surface area contributed by atoms with Crippen LogP contribution in [0.15, 0.2) is 56.8 Å². The number of thiazole rings is 1. The number of ether oxygens (including phenoxy) is 1. The number of piperidine rings is 1. The molecule has 3 aliphatic heterocycles. The number of thioether (sulfide) groups is 1. The number of likely N-dealkylation sites (tertiary alicyclic amines) is 1. The van der Waals surface area contributed by atoms with E-state index in [4.69, 9.17) is 16.3 Å². The maximum absolute atomic E-state index is 14.0. The first kappa shape index (κ1) is 28.8. The molecule has 2 saturated carbocycles. The SMILES string of the molecule is O=C(COc1ccc(Br)cc1[C@H]1c2sc(=O)[nH]c2SC2C1[C@H]1C[C@@H]2C2C(=O)N(c3ccc(Cl)cc3)C(=O)C21)N1CCCCC1. The van der Waals surface area contributed by atoms with Gasteiger partial charge in [0.25, 0.3) is 5.91 Å². The van der Waals surface area contributed by atoms with Crippen LogP contribution in [-0.2, 0) is 14.4 Å². The third-order valence-corrected chi connectivity index (χ3v) is 13.5. The van der Waals surface area contributed by atoms with Crippen molar-refractivity contribution in [3.63, 3.8) is 0 Å². The minimum Gasteiger partial charge on any atom is -0.483 e. The molecule has 2 bridgehead atoms. The Labute approximate surface area is 275 Å². The number of hydrogen-bond donors (Lipinski definition) is 1. The first-order chi connectivity index (χ1) is 21.3. The highest BCUT2D eigenvalue weighted by atomic mass is 79.9. The number of aromatic nitrogens is 1. The number of carbonyl (C=O) groups is 3. The molecule has 1 N–H and O–H groups in total. The molecule has 5 aliphatic rings. The Morgan fingerprint density at radius 3 is 2.48 bits per heavy atom. The quantitative estimate of drug-likeness (QED) is 0.330. The van der Waals surface area contributed by atoms with Crippen LogP contribution in [0.4, 0.5) is 5.69 Å². The summed E-state index contributed by atoms with van der Waals surface area (Å²) in [6.45, 7) is 1.45. The second-order valence-corrected chi connectivity index (χ2v) is 15.9. The highest BCUT2D eigenvalue weighted by Gasteiger charge is 2.69. The lowest BCUT2D eigenvalue weighted by Gasteiger charge is -2.43. The van der Waals surface area contributed by atoms with E-state index < -0.39 is 5.92 Å². The number of rotatable bonds is 5. The van der Waals surface area contributed by atoms with Crippen molar-refractivity contribution in [3.05, 3.63) is 72.1 Å². The Hall–Kier alpha value is -2.60. The van der Waals surface area contributed by atoms with Crippen LogP contribution < -0.4 is 14.5 Å². The second kappa shape index (κ2) is 11.0. The van der Waals surface area contributed by atoms with E-state index in [0.29, 0.717) is 16.5 Å². The van der Waals surface area contributed by atoms with E-state index in [0.717, 1.165) is 58.7 Å². The fourth-order valence-corrected chi connectivity index (χ4v) is 11.9. The molecular formula is C32H29BrClN3O5S2. The normalized spacial score (nSPS) is 30.4. The van der Waals surface area contributed by atoms with Crippen LogP contribution in [0.2, 0.25) is 5.02 Å². The Bertz CT molecular complexity index is 1740. The average Bonchev–Trinajstić information content (AvgIpc) is 3.76. The minimum absolute atomic E-state index is 0.00463. The third kappa shape index (κ3) is 4.52. The van der Waals surface area contributed by atoms with Gasteiger partial charge in [0.1, 0.15) is 5.75 Å². The lowest BCUT2D eigenvalue weighted by Crippen LogP contribution is -2.43. The number of imide groups is 1. The molecule has 44 heavy (non-hydrogen) atoms. The van der Waals surface area contributed by atoms with Crippen molar-refractivity contribution in [1.29, 1.82) is 0 Å². The molecule has 0 radical (unpaired) electrons. The van der Waals surface area contributed by atoms with Crippen LogP contribution in [0.25, 0.3) is 0 Å². The molecule has 4 unspecified atom stereocenters. The summed E-state index contributed by atoms with van der Waals surface area (Å²) in [6.07, 6.45) is 3.95. The first-order valence-electron chi connectivity index (χ1n) is 15.0. The van der Waals surface area contributed by atoms with E-state index >= 15 is 0 Å². The number of benzene rings is 2. The van der Waals surface area contributed by atoms with Crippen LogP contribution in [-0.4, -0.2) is 52.6 Å². The summed E-state index contributed by atoms with van der Waals surface area (Å²) in [6, 6.07) is 12.7. The standard InChI is InChI=1S/C32H29BrClN3O5S2/c33-15-4-9-21(42-14-22(38)36-10-2-1-3-11-36)18(12-15)23-24-19-13-20(27(24)43-29-28(23)44-32(41)35-29)26-25(19)30(39)37(31(26)40)17-7-5-16(34)6-8-17/h4-9,12,19-20,23-27H,1-3,10-11,13-14H2,(H,35,41)/t19-,20-,23-,24?,25?,26?,27?/m1/s1. The summed E-state index contributed by atoms with van der Waals surface area (Å²) in [5, 5.41) is 1.42. The molecule has 12 heteroatoms. The molecule has 228 valence electrons. The largest absolute Gasteiger partial charge is 0.483 e. The number of fused-ring (bicyclic) bond motifs is 9. The number of hydrogen-bond acceptors (Lipinski definition) is 7. The van der Waals surface area contributed by atoms with Crippen molar-refractivity contribution in [1.82, 2.24) is 9.88 Å². The maximum atomic E-state index is 14.0. The zero-order valence-corrected chi connectivity index (χ0v) is 27.5. The molecular weight excluding hydrogens is 686 g/mol. The van der Waals surface area contributed by atoms with Gasteiger partial charge in [0.05, 0.1) is 22.5 Å². The van der Waals surface area contributed by atoms with Gasteiger partial charge in [-0.1, -0.05) is 38.9 Å². The zero-order chi connectivity index (χ0) is 30.3. The summed E-state index contributed by atoms with van der Waals surface area (Å²) in [5.74, 6) is -0.742. The molecule has 4 fully saturated rings.